The number of hydrogen-bond donors (Lipinski definition) is 1. The summed E-state index contributed by atoms with van der Waals surface area (Å²) >= 11 is 7.25. The summed E-state index contributed by atoms with van der Waals surface area (Å²) in [5.74, 6) is -0.881. The molecule has 0 saturated heterocycles. The van der Waals surface area contributed by atoms with Crippen molar-refractivity contribution in [2.24, 2.45) is 0 Å². The lowest BCUT2D eigenvalue weighted by molar-refractivity contribution is -0.146. The van der Waals surface area contributed by atoms with Gasteiger partial charge in [-0.3, -0.25) is 9.59 Å². The van der Waals surface area contributed by atoms with E-state index in [1.54, 1.807) is 0 Å². The molecular weight excluding hydrogens is 403 g/mol. The molecule has 9 heteroatoms. The fourth-order valence-electron chi connectivity index (χ4n) is 1.97. The van der Waals surface area contributed by atoms with E-state index in [9.17, 15) is 22.8 Å². The monoisotopic (exact) mass is 417 g/mol. The van der Waals surface area contributed by atoms with Gasteiger partial charge < -0.3 is 10.1 Å². The second-order valence-corrected chi connectivity index (χ2v) is 6.89. The number of hydrogen-bond acceptors (Lipinski definition) is 4. The molecule has 2 rings (SSSR count). The maximum absolute atomic E-state index is 12.7. The van der Waals surface area contributed by atoms with Gasteiger partial charge in [0.2, 0.25) is 0 Å². The van der Waals surface area contributed by atoms with Crippen molar-refractivity contribution >= 4 is 40.9 Å². The van der Waals surface area contributed by atoms with Crippen molar-refractivity contribution in [2.75, 3.05) is 17.7 Å². The van der Waals surface area contributed by atoms with Crippen molar-refractivity contribution in [3.05, 3.63) is 59.1 Å². The van der Waals surface area contributed by atoms with Crippen LogP contribution in [-0.4, -0.2) is 24.2 Å². The summed E-state index contributed by atoms with van der Waals surface area (Å²) in [6.07, 6.45) is -4.47. The van der Waals surface area contributed by atoms with E-state index in [1.807, 2.05) is 30.3 Å². The minimum absolute atomic E-state index is 0.0538. The Morgan fingerprint density at radius 1 is 1.11 bits per heavy atom. The Labute approximate surface area is 163 Å². The number of benzene rings is 2. The van der Waals surface area contributed by atoms with Crippen molar-refractivity contribution in [1.82, 2.24) is 0 Å². The van der Waals surface area contributed by atoms with E-state index in [1.165, 1.54) is 11.8 Å². The van der Waals surface area contributed by atoms with Gasteiger partial charge in [-0.2, -0.15) is 13.2 Å². The maximum atomic E-state index is 12.7. The number of carbonyl (C=O) groups is 2. The van der Waals surface area contributed by atoms with Crippen molar-refractivity contribution in [3.63, 3.8) is 0 Å². The van der Waals surface area contributed by atoms with Crippen molar-refractivity contribution in [1.29, 1.82) is 0 Å². The van der Waals surface area contributed by atoms with E-state index in [0.29, 0.717) is 5.75 Å². The molecule has 0 bridgehead atoms. The number of rotatable bonds is 7. The van der Waals surface area contributed by atoms with Crippen LogP contribution >= 0.6 is 23.4 Å². The van der Waals surface area contributed by atoms with Gasteiger partial charge in [-0.25, -0.2) is 0 Å². The van der Waals surface area contributed by atoms with Gasteiger partial charge in [0.05, 0.1) is 22.7 Å². The van der Waals surface area contributed by atoms with Crippen molar-refractivity contribution in [3.8, 4) is 0 Å². The number of thioether (sulfide) groups is 1. The third-order valence-corrected chi connectivity index (χ3v) is 4.59. The fraction of sp³-hybridized carbons (Fsp3) is 0.222. The molecule has 0 unspecified atom stereocenters. The molecule has 1 amide bonds. The lowest BCUT2D eigenvalue weighted by Gasteiger charge is -2.11. The first kappa shape index (κ1) is 21.1. The largest absolute Gasteiger partial charge is 0.456 e. The Morgan fingerprint density at radius 3 is 2.48 bits per heavy atom. The van der Waals surface area contributed by atoms with E-state index >= 15 is 0 Å². The van der Waals surface area contributed by atoms with Crippen LogP contribution in [0.15, 0.2) is 53.4 Å². The maximum Gasteiger partial charge on any atom is 0.416 e. The first-order chi connectivity index (χ1) is 12.8. The van der Waals surface area contributed by atoms with Crippen LogP contribution in [0.3, 0.4) is 0 Å². The van der Waals surface area contributed by atoms with Crippen LogP contribution in [0.25, 0.3) is 0 Å². The predicted octanol–water partition coefficient (Wildman–Crippen LogP) is 5.02. The molecule has 0 radical (unpaired) electrons. The zero-order chi connectivity index (χ0) is 19.9. The molecule has 1 N–H and O–H groups in total. The van der Waals surface area contributed by atoms with E-state index < -0.39 is 30.2 Å². The highest BCUT2D eigenvalue weighted by Crippen LogP contribution is 2.33. The predicted molar refractivity (Wildman–Crippen MR) is 97.8 cm³/mol. The Hall–Kier alpha value is -2.19. The van der Waals surface area contributed by atoms with Gasteiger partial charge in [0.15, 0.2) is 6.61 Å². The van der Waals surface area contributed by atoms with E-state index in [-0.39, 0.29) is 17.1 Å². The fourth-order valence-corrected chi connectivity index (χ4v) is 2.99. The molecule has 144 valence electrons. The molecule has 0 aromatic heterocycles. The number of anilines is 1. The first-order valence-corrected chi connectivity index (χ1v) is 9.12. The highest BCUT2D eigenvalue weighted by molar-refractivity contribution is 7.99. The highest BCUT2D eigenvalue weighted by atomic mass is 35.5. The molecule has 0 aliphatic heterocycles. The normalized spacial score (nSPS) is 11.1. The summed E-state index contributed by atoms with van der Waals surface area (Å²) in [4.78, 5) is 24.4. The summed E-state index contributed by atoms with van der Waals surface area (Å²) in [5.41, 5.74) is -1.15. The van der Waals surface area contributed by atoms with E-state index in [0.717, 1.165) is 23.1 Å². The summed E-state index contributed by atoms with van der Waals surface area (Å²) in [5, 5.41) is 2.15. The molecule has 27 heavy (non-hydrogen) atoms. The molecule has 0 heterocycles. The van der Waals surface area contributed by atoms with Crippen LogP contribution < -0.4 is 5.32 Å². The summed E-state index contributed by atoms with van der Waals surface area (Å²) in [6.45, 7) is -0.610. The third-order valence-electron chi connectivity index (χ3n) is 3.25. The number of carbonyl (C=O) groups excluding carboxylic acids is 2. The van der Waals surface area contributed by atoms with Crippen LogP contribution in [0.4, 0.5) is 18.9 Å². The molecule has 0 spiro atoms. The van der Waals surface area contributed by atoms with Crippen molar-refractivity contribution < 1.29 is 27.5 Å². The van der Waals surface area contributed by atoms with Gasteiger partial charge in [0.1, 0.15) is 0 Å². The van der Waals surface area contributed by atoms with Gasteiger partial charge in [-0.05, 0) is 30.3 Å². The van der Waals surface area contributed by atoms with Gasteiger partial charge in [-0.1, -0.05) is 29.8 Å². The Morgan fingerprint density at radius 2 is 1.81 bits per heavy atom. The Balaban J connectivity index is 1.78. The van der Waals surface area contributed by atoms with Gasteiger partial charge in [0.25, 0.3) is 5.91 Å². The first-order valence-electron chi connectivity index (χ1n) is 7.76. The minimum Gasteiger partial charge on any atom is -0.456 e. The molecule has 2 aromatic rings. The molecule has 0 saturated carbocycles. The molecule has 0 atom stereocenters. The zero-order valence-corrected chi connectivity index (χ0v) is 15.5. The van der Waals surface area contributed by atoms with E-state index in [2.05, 4.69) is 5.32 Å². The van der Waals surface area contributed by atoms with Crippen LogP contribution in [0.2, 0.25) is 5.02 Å². The lowest BCUT2D eigenvalue weighted by Crippen LogP contribution is -2.21. The minimum atomic E-state index is -4.56. The van der Waals surface area contributed by atoms with Crippen LogP contribution in [0.5, 0.6) is 0 Å². The number of ether oxygens (including phenoxy) is 1. The molecular formula is C18H15ClF3NO3S. The third kappa shape index (κ3) is 7.15. The number of halogens is 4. The number of nitrogens with one attached hydrogen (secondary N) is 1. The molecule has 2 aromatic carbocycles. The van der Waals surface area contributed by atoms with Crippen LogP contribution in [0.1, 0.15) is 12.0 Å². The Bertz CT molecular complexity index is 800. The van der Waals surface area contributed by atoms with Crippen molar-refractivity contribution in [2.45, 2.75) is 17.5 Å². The smallest absolute Gasteiger partial charge is 0.416 e. The number of alkyl halides is 3. The summed E-state index contributed by atoms with van der Waals surface area (Å²) < 4.78 is 42.9. The number of amides is 1. The second kappa shape index (κ2) is 9.66. The standard InChI is InChI=1S/C18H15ClF3NO3S/c19-14-7-6-12(18(20,21)22)10-15(14)23-16(24)11-26-17(25)8-9-27-13-4-2-1-3-5-13/h1-7,10H,8-9,11H2,(H,23,24). The zero-order valence-electron chi connectivity index (χ0n) is 13.9. The van der Waals surface area contributed by atoms with E-state index in [4.69, 9.17) is 16.3 Å². The average Bonchev–Trinajstić information content (AvgIpc) is 2.62. The quantitative estimate of drug-likeness (QED) is 0.507. The summed E-state index contributed by atoms with van der Waals surface area (Å²) in [7, 11) is 0. The van der Waals surface area contributed by atoms with Gasteiger partial charge in [0, 0.05) is 10.6 Å². The summed E-state index contributed by atoms with van der Waals surface area (Å²) in [6, 6.07) is 12.0. The average molecular weight is 418 g/mol. The van der Waals surface area contributed by atoms with Gasteiger partial charge in [-0.15, -0.1) is 11.8 Å². The van der Waals surface area contributed by atoms with Crippen LogP contribution in [0, 0.1) is 0 Å². The second-order valence-electron chi connectivity index (χ2n) is 5.31. The Kier molecular flexibility index (Phi) is 7.55. The lowest BCUT2D eigenvalue weighted by atomic mass is 10.2. The molecule has 0 fully saturated rings. The molecule has 0 aliphatic rings. The molecule has 0 aliphatic carbocycles. The SMILES string of the molecule is O=C(COC(=O)CCSc1ccccc1)Nc1cc(C(F)(F)F)ccc1Cl. The van der Waals surface area contributed by atoms with Gasteiger partial charge >= 0.3 is 12.1 Å². The van der Waals surface area contributed by atoms with Crippen LogP contribution in [-0.2, 0) is 20.5 Å². The highest BCUT2D eigenvalue weighted by Gasteiger charge is 2.31. The molecule has 4 nitrogen and oxygen atoms in total. The topological polar surface area (TPSA) is 55.4 Å². The number of esters is 1.